The number of likely N-dealkylation sites (tertiary alicyclic amines) is 1. The molecule has 32 heavy (non-hydrogen) atoms. The van der Waals surface area contributed by atoms with Crippen molar-refractivity contribution in [1.82, 2.24) is 24.6 Å². The monoisotopic (exact) mass is 457 g/mol. The minimum absolute atomic E-state index is 0.0463. The molecule has 3 aromatic rings. The van der Waals surface area contributed by atoms with Crippen molar-refractivity contribution in [2.45, 2.75) is 43.6 Å². The van der Waals surface area contributed by atoms with E-state index in [-0.39, 0.29) is 12.2 Å². The molecule has 1 fully saturated rings. The highest BCUT2D eigenvalue weighted by molar-refractivity contribution is 7.90. The number of hydrogen-bond acceptors (Lipinski definition) is 7. The number of unbranched alkanes of at least 4 members (excludes halogenated alkanes) is 1. The van der Waals surface area contributed by atoms with Gasteiger partial charge in [-0.3, -0.25) is 0 Å². The molecule has 4 rings (SSSR count). The largest absolute Gasteiger partial charge is 0.612 e. The van der Waals surface area contributed by atoms with E-state index in [4.69, 9.17) is 9.47 Å². The van der Waals surface area contributed by atoms with Gasteiger partial charge in [0.25, 0.3) is 0 Å². The number of nitrogens with zero attached hydrogens (tertiary/aromatic N) is 5. The van der Waals surface area contributed by atoms with E-state index < -0.39 is 11.2 Å². The first kappa shape index (κ1) is 22.3. The van der Waals surface area contributed by atoms with E-state index in [9.17, 15) is 9.35 Å². The van der Waals surface area contributed by atoms with E-state index in [0.717, 1.165) is 28.8 Å². The SMILES string of the molecule is CCCCOC(=O)N1CCC(Oc2ncnc3c2cnn3-c2ccc([S+](C)[O-])cc2)CC1. The zero-order valence-electron chi connectivity index (χ0n) is 18.3. The molecule has 2 aromatic heterocycles. The lowest BCUT2D eigenvalue weighted by Gasteiger charge is -2.31. The Morgan fingerprint density at radius 3 is 2.66 bits per heavy atom. The minimum Gasteiger partial charge on any atom is -0.612 e. The van der Waals surface area contributed by atoms with Crippen molar-refractivity contribution in [3.8, 4) is 11.6 Å². The Morgan fingerprint density at radius 2 is 1.97 bits per heavy atom. The summed E-state index contributed by atoms with van der Waals surface area (Å²) >= 11 is -1.04. The van der Waals surface area contributed by atoms with Crippen LogP contribution in [0, 0.1) is 0 Å². The van der Waals surface area contributed by atoms with Gasteiger partial charge in [-0.25, -0.2) is 19.4 Å². The zero-order valence-corrected chi connectivity index (χ0v) is 19.1. The van der Waals surface area contributed by atoms with Crippen LogP contribution in [-0.2, 0) is 15.9 Å². The van der Waals surface area contributed by atoms with Gasteiger partial charge >= 0.3 is 6.09 Å². The number of fused-ring (bicyclic) bond motifs is 1. The van der Waals surface area contributed by atoms with Gasteiger partial charge in [-0.2, -0.15) is 5.10 Å². The van der Waals surface area contributed by atoms with E-state index in [0.29, 0.717) is 44.1 Å². The van der Waals surface area contributed by atoms with Crippen molar-refractivity contribution < 1.29 is 18.8 Å². The van der Waals surface area contributed by atoms with Crippen molar-refractivity contribution in [3.05, 3.63) is 36.8 Å². The number of aromatic nitrogens is 4. The number of carbonyl (C=O) groups excluding carboxylic acids is 1. The van der Waals surface area contributed by atoms with Crippen LogP contribution in [0.25, 0.3) is 16.7 Å². The summed E-state index contributed by atoms with van der Waals surface area (Å²) in [5.41, 5.74) is 1.45. The molecule has 0 N–H and O–H groups in total. The molecule has 0 saturated carbocycles. The predicted molar refractivity (Wildman–Crippen MR) is 120 cm³/mol. The third kappa shape index (κ3) is 4.97. The van der Waals surface area contributed by atoms with Crippen molar-refractivity contribution >= 4 is 28.3 Å². The van der Waals surface area contributed by atoms with Gasteiger partial charge in [0.2, 0.25) is 5.88 Å². The number of carbonyl (C=O) groups is 1. The van der Waals surface area contributed by atoms with Crippen LogP contribution in [0.4, 0.5) is 4.79 Å². The Kier molecular flexibility index (Phi) is 7.11. The summed E-state index contributed by atoms with van der Waals surface area (Å²) in [6, 6.07) is 7.36. The highest BCUT2D eigenvalue weighted by Crippen LogP contribution is 2.26. The molecule has 1 amide bonds. The smallest absolute Gasteiger partial charge is 0.409 e. The molecular weight excluding hydrogens is 430 g/mol. The maximum absolute atomic E-state index is 12.1. The molecular formula is C22H27N5O4S. The lowest BCUT2D eigenvalue weighted by molar-refractivity contribution is 0.0661. The van der Waals surface area contributed by atoms with Crippen LogP contribution in [-0.4, -0.2) is 67.4 Å². The molecule has 10 heteroatoms. The average molecular weight is 458 g/mol. The lowest BCUT2D eigenvalue weighted by atomic mass is 10.1. The summed E-state index contributed by atoms with van der Waals surface area (Å²) in [7, 11) is 0. The number of benzene rings is 1. The molecule has 1 aliphatic heterocycles. The second-order valence-corrected chi connectivity index (χ2v) is 9.07. The van der Waals surface area contributed by atoms with Gasteiger partial charge in [0.05, 0.1) is 18.5 Å². The zero-order chi connectivity index (χ0) is 22.5. The van der Waals surface area contributed by atoms with Gasteiger partial charge in [-0.05, 0) is 41.9 Å². The first-order chi connectivity index (χ1) is 15.6. The van der Waals surface area contributed by atoms with Crippen molar-refractivity contribution in [1.29, 1.82) is 0 Å². The van der Waals surface area contributed by atoms with Gasteiger partial charge in [0.1, 0.15) is 24.1 Å². The topological polar surface area (TPSA) is 105 Å². The van der Waals surface area contributed by atoms with Crippen LogP contribution in [0.5, 0.6) is 5.88 Å². The summed E-state index contributed by atoms with van der Waals surface area (Å²) in [6.45, 7) is 3.71. The quantitative estimate of drug-likeness (QED) is 0.396. The number of amides is 1. The Labute approximate surface area is 189 Å². The fourth-order valence-corrected chi connectivity index (χ4v) is 4.11. The van der Waals surface area contributed by atoms with Crippen LogP contribution in [0.15, 0.2) is 41.7 Å². The van der Waals surface area contributed by atoms with Crippen molar-refractivity contribution in [3.63, 3.8) is 0 Å². The lowest BCUT2D eigenvalue weighted by Crippen LogP contribution is -2.42. The molecule has 9 nitrogen and oxygen atoms in total. The minimum atomic E-state index is -1.04. The Balaban J connectivity index is 1.42. The van der Waals surface area contributed by atoms with Crippen molar-refractivity contribution in [2.75, 3.05) is 26.0 Å². The van der Waals surface area contributed by atoms with E-state index >= 15 is 0 Å². The average Bonchev–Trinajstić information content (AvgIpc) is 3.25. The van der Waals surface area contributed by atoms with Gasteiger partial charge < -0.3 is 18.9 Å². The summed E-state index contributed by atoms with van der Waals surface area (Å²) < 4.78 is 24.8. The second-order valence-electron chi connectivity index (χ2n) is 7.69. The first-order valence-corrected chi connectivity index (χ1v) is 12.3. The highest BCUT2D eigenvalue weighted by atomic mass is 32.2. The van der Waals surface area contributed by atoms with E-state index in [2.05, 4.69) is 22.0 Å². The molecule has 0 bridgehead atoms. The standard InChI is InChI=1S/C22H27N5O4S/c1-3-4-13-30-22(28)26-11-9-17(10-12-26)31-21-19-14-25-27(20(19)23-15-24-21)16-5-7-18(8-6-16)32(2)29/h5-8,14-15,17H,3-4,9-13H2,1-2H3. The fourth-order valence-electron chi connectivity index (χ4n) is 3.59. The maximum atomic E-state index is 12.1. The van der Waals surface area contributed by atoms with Gasteiger partial charge in [0.15, 0.2) is 10.5 Å². The van der Waals surface area contributed by atoms with Crippen LogP contribution < -0.4 is 4.74 Å². The summed E-state index contributed by atoms with van der Waals surface area (Å²) in [5, 5.41) is 5.17. The summed E-state index contributed by atoms with van der Waals surface area (Å²) in [4.78, 5) is 23.3. The predicted octanol–water partition coefficient (Wildman–Crippen LogP) is 3.33. The van der Waals surface area contributed by atoms with Gasteiger partial charge in [-0.1, -0.05) is 13.3 Å². The molecule has 1 atom stereocenters. The number of rotatable bonds is 7. The molecule has 170 valence electrons. The summed E-state index contributed by atoms with van der Waals surface area (Å²) in [6.07, 6.45) is 7.80. The Bertz CT molecular complexity index is 1050. The van der Waals surface area contributed by atoms with E-state index in [1.807, 2.05) is 24.3 Å². The van der Waals surface area contributed by atoms with Crippen LogP contribution in [0.3, 0.4) is 0 Å². The molecule has 1 saturated heterocycles. The van der Waals surface area contributed by atoms with Gasteiger partial charge in [0, 0.05) is 25.9 Å². The molecule has 1 aliphatic rings. The van der Waals surface area contributed by atoms with E-state index in [1.54, 1.807) is 22.0 Å². The van der Waals surface area contributed by atoms with Crippen LogP contribution >= 0.6 is 0 Å². The Hall–Kier alpha value is -2.85. The van der Waals surface area contributed by atoms with Crippen molar-refractivity contribution in [2.24, 2.45) is 0 Å². The molecule has 0 spiro atoms. The number of piperidine rings is 1. The number of ether oxygens (including phenoxy) is 2. The fraction of sp³-hybridized carbons (Fsp3) is 0.455. The van der Waals surface area contributed by atoms with E-state index in [1.165, 1.54) is 6.33 Å². The Morgan fingerprint density at radius 1 is 1.22 bits per heavy atom. The molecule has 1 aromatic carbocycles. The first-order valence-electron chi connectivity index (χ1n) is 10.8. The third-order valence-electron chi connectivity index (χ3n) is 5.44. The normalized spacial score (nSPS) is 15.7. The maximum Gasteiger partial charge on any atom is 0.409 e. The second kappa shape index (κ2) is 10.2. The molecule has 0 aliphatic carbocycles. The summed E-state index contributed by atoms with van der Waals surface area (Å²) in [5.74, 6) is 0.483. The third-order valence-corrected chi connectivity index (χ3v) is 6.38. The van der Waals surface area contributed by atoms with Crippen LogP contribution in [0.2, 0.25) is 0 Å². The van der Waals surface area contributed by atoms with Gasteiger partial charge in [-0.15, -0.1) is 0 Å². The highest BCUT2D eigenvalue weighted by Gasteiger charge is 2.26. The molecule has 0 radical (unpaired) electrons. The number of hydrogen-bond donors (Lipinski definition) is 0. The molecule has 3 heterocycles. The van der Waals surface area contributed by atoms with Crippen LogP contribution in [0.1, 0.15) is 32.6 Å². The molecule has 1 unspecified atom stereocenters.